The molecule has 1 atom stereocenters. The van der Waals surface area contributed by atoms with Gasteiger partial charge in [-0.2, -0.15) is 0 Å². The van der Waals surface area contributed by atoms with Crippen molar-refractivity contribution in [2.45, 2.75) is 13.3 Å². The molecule has 0 fully saturated rings. The summed E-state index contributed by atoms with van der Waals surface area (Å²) in [6, 6.07) is 0. The Labute approximate surface area is 68.3 Å². The Morgan fingerprint density at radius 3 is 3.18 bits per heavy atom. The molecular weight excluding hydrogens is 134 g/mol. The first-order chi connectivity index (χ1) is 5.33. The summed E-state index contributed by atoms with van der Waals surface area (Å²) in [6.07, 6.45) is 11.8. The highest BCUT2D eigenvalue weighted by atomic mass is 14.5. The summed E-state index contributed by atoms with van der Waals surface area (Å²) in [5.41, 5.74) is 6.71. The fourth-order valence-electron chi connectivity index (χ4n) is 1.07. The van der Waals surface area contributed by atoms with Crippen LogP contribution in [0.1, 0.15) is 13.3 Å². The van der Waals surface area contributed by atoms with Crippen molar-refractivity contribution in [2.75, 3.05) is 6.54 Å². The number of rotatable bonds is 1. The van der Waals surface area contributed by atoms with Crippen LogP contribution in [-0.2, 0) is 0 Å². The van der Waals surface area contributed by atoms with Crippen molar-refractivity contribution in [2.24, 2.45) is 11.7 Å². The Hall–Kier alpha value is -0.820. The van der Waals surface area contributed by atoms with Crippen molar-refractivity contribution >= 4 is 0 Å². The third-order valence-corrected chi connectivity index (χ3v) is 1.83. The van der Waals surface area contributed by atoms with Gasteiger partial charge in [0, 0.05) is 6.54 Å². The van der Waals surface area contributed by atoms with Crippen molar-refractivity contribution in [1.82, 2.24) is 0 Å². The molecule has 1 rings (SSSR count). The van der Waals surface area contributed by atoms with E-state index >= 15 is 0 Å². The zero-order chi connectivity index (χ0) is 8.10. The van der Waals surface area contributed by atoms with Crippen LogP contribution < -0.4 is 5.73 Å². The van der Waals surface area contributed by atoms with E-state index in [1.807, 2.05) is 0 Å². The molecule has 1 unspecified atom stereocenters. The Morgan fingerprint density at radius 2 is 2.45 bits per heavy atom. The molecule has 0 aromatic carbocycles. The molecule has 11 heavy (non-hydrogen) atoms. The van der Waals surface area contributed by atoms with E-state index in [1.54, 1.807) is 0 Å². The van der Waals surface area contributed by atoms with Gasteiger partial charge < -0.3 is 5.73 Å². The summed E-state index contributed by atoms with van der Waals surface area (Å²) in [5, 5.41) is 0. The molecule has 0 spiro atoms. The average molecular weight is 149 g/mol. The second-order valence-electron chi connectivity index (χ2n) is 2.95. The normalized spacial score (nSPS) is 34.7. The lowest BCUT2D eigenvalue weighted by molar-refractivity contribution is 0.742. The van der Waals surface area contributed by atoms with Crippen LogP contribution in [0, 0.1) is 5.92 Å². The van der Waals surface area contributed by atoms with E-state index in [0.717, 1.165) is 6.42 Å². The van der Waals surface area contributed by atoms with Crippen LogP contribution in [0.5, 0.6) is 0 Å². The van der Waals surface area contributed by atoms with Gasteiger partial charge in [-0.05, 0) is 17.9 Å². The highest BCUT2D eigenvalue weighted by Gasteiger charge is 1.95. The van der Waals surface area contributed by atoms with Crippen LogP contribution in [-0.4, -0.2) is 6.54 Å². The minimum Gasteiger partial charge on any atom is -0.326 e. The Morgan fingerprint density at radius 1 is 1.64 bits per heavy atom. The molecule has 0 saturated heterocycles. The van der Waals surface area contributed by atoms with Crippen molar-refractivity contribution in [3.63, 3.8) is 0 Å². The number of hydrogen-bond donors (Lipinski definition) is 1. The lowest BCUT2D eigenvalue weighted by Gasteiger charge is -2.04. The van der Waals surface area contributed by atoms with Crippen LogP contribution in [0.2, 0.25) is 0 Å². The van der Waals surface area contributed by atoms with Gasteiger partial charge in [0.2, 0.25) is 0 Å². The van der Waals surface area contributed by atoms with E-state index in [-0.39, 0.29) is 0 Å². The molecule has 1 aliphatic carbocycles. The predicted octanol–water partition coefficient (Wildman–Crippen LogP) is 2.02. The lowest BCUT2D eigenvalue weighted by Crippen LogP contribution is -2.01. The molecule has 0 aromatic heterocycles. The van der Waals surface area contributed by atoms with Gasteiger partial charge >= 0.3 is 0 Å². The third-order valence-electron chi connectivity index (χ3n) is 1.83. The van der Waals surface area contributed by atoms with Gasteiger partial charge in [0.15, 0.2) is 0 Å². The maximum Gasteiger partial charge on any atom is 0.0177 e. The summed E-state index contributed by atoms with van der Waals surface area (Å²) in [7, 11) is 0. The molecule has 1 nitrogen and oxygen atoms in total. The van der Waals surface area contributed by atoms with Crippen LogP contribution in [0.15, 0.2) is 36.0 Å². The molecular formula is C10H15N. The van der Waals surface area contributed by atoms with Crippen molar-refractivity contribution in [3.05, 3.63) is 36.0 Å². The monoisotopic (exact) mass is 149 g/mol. The summed E-state index contributed by atoms with van der Waals surface area (Å²) in [5.74, 6) is 0.654. The van der Waals surface area contributed by atoms with Crippen molar-refractivity contribution < 1.29 is 0 Å². The maximum absolute atomic E-state index is 5.50. The molecule has 60 valence electrons. The molecule has 0 amide bonds. The van der Waals surface area contributed by atoms with Crippen molar-refractivity contribution in [1.29, 1.82) is 0 Å². The van der Waals surface area contributed by atoms with Crippen LogP contribution >= 0.6 is 0 Å². The molecule has 1 aliphatic rings. The number of nitrogens with two attached hydrogens (primary N) is 1. The number of hydrogen-bond acceptors (Lipinski definition) is 1. The first-order valence-electron chi connectivity index (χ1n) is 4.07. The SMILES string of the molecule is CC1\C=C/C=C(CN)\C=C\C1. The van der Waals surface area contributed by atoms with Crippen LogP contribution in [0.3, 0.4) is 0 Å². The zero-order valence-electron chi connectivity index (χ0n) is 6.96. The Kier molecular flexibility index (Phi) is 3.12. The largest absolute Gasteiger partial charge is 0.326 e. The number of allylic oxidation sites excluding steroid dienone is 4. The first kappa shape index (κ1) is 8.28. The van der Waals surface area contributed by atoms with E-state index < -0.39 is 0 Å². The standard InChI is InChI=1S/C10H15N/c1-9-4-2-6-10(8-11)7-3-5-9/h2-4,6-7,9H,5,8,11H2,1H3/b4-2-,7-3+,10-6+. The van der Waals surface area contributed by atoms with Gasteiger partial charge in [0.25, 0.3) is 0 Å². The second-order valence-corrected chi connectivity index (χ2v) is 2.95. The lowest BCUT2D eigenvalue weighted by atomic mass is 10.0. The summed E-state index contributed by atoms with van der Waals surface area (Å²) >= 11 is 0. The maximum atomic E-state index is 5.50. The molecule has 0 radical (unpaired) electrons. The molecule has 0 saturated carbocycles. The summed E-state index contributed by atoms with van der Waals surface area (Å²) in [4.78, 5) is 0. The highest BCUT2D eigenvalue weighted by molar-refractivity contribution is 5.26. The summed E-state index contributed by atoms with van der Waals surface area (Å²) < 4.78 is 0. The predicted molar refractivity (Wildman–Crippen MR) is 49.2 cm³/mol. The van der Waals surface area contributed by atoms with Crippen LogP contribution in [0.25, 0.3) is 0 Å². The molecule has 2 N–H and O–H groups in total. The quantitative estimate of drug-likeness (QED) is 0.606. The van der Waals surface area contributed by atoms with Gasteiger partial charge in [-0.1, -0.05) is 37.3 Å². The smallest absolute Gasteiger partial charge is 0.0177 e. The molecule has 0 heterocycles. The highest BCUT2D eigenvalue weighted by Crippen LogP contribution is 2.09. The van der Waals surface area contributed by atoms with E-state index in [0.29, 0.717) is 12.5 Å². The average Bonchev–Trinajstić information content (AvgIpc) is 1.96. The Bertz CT molecular complexity index is 199. The molecule has 1 heteroatoms. The van der Waals surface area contributed by atoms with E-state index in [1.165, 1.54) is 5.57 Å². The fraction of sp³-hybridized carbons (Fsp3) is 0.400. The fourth-order valence-corrected chi connectivity index (χ4v) is 1.07. The third kappa shape index (κ3) is 2.72. The van der Waals surface area contributed by atoms with E-state index in [2.05, 4.69) is 37.3 Å². The minimum atomic E-state index is 0.634. The summed E-state index contributed by atoms with van der Waals surface area (Å²) in [6.45, 7) is 2.84. The van der Waals surface area contributed by atoms with Gasteiger partial charge in [0.05, 0.1) is 0 Å². The molecule has 0 bridgehead atoms. The van der Waals surface area contributed by atoms with Gasteiger partial charge in [-0.3, -0.25) is 0 Å². The zero-order valence-corrected chi connectivity index (χ0v) is 6.96. The topological polar surface area (TPSA) is 26.0 Å². The minimum absolute atomic E-state index is 0.634. The van der Waals surface area contributed by atoms with Gasteiger partial charge in [0.1, 0.15) is 0 Å². The van der Waals surface area contributed by atoms with Gasteiger partial charge in [-0.25, -0.2) is 0 Å². The molecule has 0 aliphatic heterocycles. The van der Waals surface area contributed by atoms with Crippen LogP contribution in [0.4, 0.5) is 0 Å². The van der Waals surface area contributed by atoms with E-state index in [4.69, 9.17) is 5.73 Å². The van der Waals surface area contributed by atoms with Gasteiger partial charge in [-0.15, -0.1) is 0 Å². The first-order valence-corrected chi connectivity index (χ1v) is 4.07. The van der Waals surface area contributed by atoms with Crippen molar-refractivity contribution in [3.8, 4) is 0 Å². The Balaban J connectivity index is 2.69. The second kappa shape index (κ2) is 4.14. The van der Waals surface area contributed by atoms with E-state index in [9.17, 15) is 0 Å². The molecule has 0 aromatic rings.